The van der Waals surface area contributed by atoms with Crippen LogP contribution in [0.3, 0.4) is 0 Å². The summed E-state index contributed by atoms with van der Waals surface area (Å²) in [5.74, 6) is -0.0771. The molecule has 4 rings (SSSR count). The van der Waals surface area contributed by atoms with Crippen LogP contribution in [-0.4, -0.2) is 35.0 Å². The van der Waals surface area contributed by atoms with Gasteiger partial charge < -0.3 is 14.6 Å². The van der Waals surface area contributed by atoms with Crippen LogP contribution in [0.5, 0.6) is 0 Å². The Morgan fingerprint density at radius 3 is 2.82 bits per heavy atom. The van der Waals surface area contributed by atoms with Gasteiger partial charge >= 0.3 is 0 Å². The van der Waals surface area contributed by atoms with E-state index in [1.165, 1.54) is 0 Å². The van der Waals surface area contributed by atoms with Gasteiger partial charge in [0.2, 0.25) is 0 Å². The van der Waals surface area contributed by atoms with Crippen molar-refractivity contribution in [1.29, 1.82) is 0 Å². The van der Waals surface area contributed by atoms with Crippen molar-refractivity contribution < 1.29 is 9.53 Å². The third-order valence-electron chi connectivity index (χ3n) is 5.19. The van der Waals surface area contributed by atoms with E-state index in [0.29, 0.717) is 17.7 Å². The van der Waals surface area contributed by atoms with Crippen LogP contribution in [-0.2, 0) is 11.3 Å². The highest BCUT2D eigenvalue weighted by Gasteiger charge is 2.24. The van der Waals surface area contributed by atoms with Crippen molar-refractivity contribution in [3.8, 4) is 0 Å². The zero-order valence-electron chi connectivity index (χ0n) is 16.0. The molecular weight excluding hydrogens is 352 g/mol. The number of ether oxygens (including phenoxy) is 1. The first kappa shape index (κ1) is 18.4. The van der Waals surface area contributed by atoms with E-state index in [9.17, 15) is 9.59 Å². The van der Waals surface area contributed by atoms with Gasteiger partial charge in [-0.2, -0.15) is 0 Å². The van der Waals surface area contributed by atoms with Crippen molar-refractivity contribution in [2.24, 2.45) is 0 Å². The molecule has 0 unspecified atom stereocenters. The number of nitrogens with one attached hydrogen (secondary N) is 1. The number of aryl methyl sites for hydroxylation is 1. The molecule has 0 radical (unpaired) electrons. The number of carbonyl (C=O) groups excluding carboxylic acids is 1. The number of hydrogen-bond donors (Lipinski definition) is 1. The van der Waals surface area contributed by atoms with Gasteiger partial charge in [0.05, 0.1) is 12.6 Å². The third kappa shape index (κ3) is 3.99. The smallest absolute Gasteiger partial charge is 0.254 e. The van der Waals surface area contributed by atoms with Crippen LogP contribution >= 0.6 is 0 Å². The molecule has 1 atom stereocenters. The van der Waals surface area contributed by atoms with Gasteiger partial charge in [-0.05, 0) is 49.4 Å². The average molecular weight is 376 g/mol. The molecule has 5 heteroatoms. The minimum absolute atomic E-state index is 0.0216. The first-order valence-corrected chi connectivity index (χ1v) is 9.68. The number of rotatable bonds is 5. The number of amides is 1. The van der Waals surface area contributed by atoms with Crippen molar-refractivity contribution in [3.63, 3.8) is 0 Å². The highest BCUT2D eigenvalue weighted by Crippen LogP contribution is 2.18. The van der Waals surface area contributed by atoms with E-state index in [1.54, 1.807) is 4.90 Å². The van der Waals surface area contributed by atoms with Crippen molar-refractivity contribution in [1.82, 2.24) is 9.88 Å². The number of aromatic amines is 1. The van der Waals surface area contributed by atoms with Crippen LogP contribution in [0.2, 0.25) is 0 Å². The Kier molecular flexibility index (Phi) is 5.26. The maximum atomic E-state index is 13.2. The minimum Gasteiger partial charge on any atom is -0.376 e. The van der Waals surface area contributed by atoms with Crippen LogP contribution in [0.15, 0.2) is 59.4 Å². The maximum Gasteiger partial charge on any atom is 0.254 e. The molecule has 3 aromatic rings. The quantitative estimate of drug-likeness (QED) is 0.739. The molecule has 1 fully saturated rings. The molecule has 5 nitrogen and oxygen atoms in total. The molecule has 1 aliphatic heterocycles. The molecule has 1 amide bonds. The lowest BCUT2D eigenvalue weighted by atomic mass is 10.1. The lowest BCUT2D eigenvalue weighted by Crippen LogP contribution is -2.38. The van der Waals surface area contributed by atoms with Crippen LogP contribution in [0.1, 0.15) is 34.3 Å². The third-order valence-corrected chi connectivity index (χ3v) is 5.19. The average Bonchev–Trinajstić information content (AvgIpc) is 3.20. The van der Waals surface area contributed by atoms with Gasteiger partial charge in [0.25, 0.3) is 11.5 Å². The van der Waals surface area contributed by atoms with Crippen molar-refractivity contribution in [3.05, 3.63) is 81.6 Å². The predicted molar refractivity (Wildman–Crippen MR) is 109 cm³/mol. The van der Waals surface area contributed by atoms with Gasteiger partial charge in [-0.15, -0.1) is 0 Å². The Morgan fingerprint density at radius 1 is 1.18 bits per heavy atom. The Morgan fingerprint density at radius 2 is 2.04 bits per heavy atom. The topological polar surface area (TPSA) is 62.4 Å². The highest BCUT2D eigenvalue weighted by atomic mass is 16.5. The molecule has 144 valence electrons. The highest BCUT2D eigenvalue weighted by molar-refractivity contribution is 5.94. The first-order valence-electron chi connectivity index (χ1n) is 9.68. The molecular formula is C23H24N2O3. The number of hydrogen-bond acceptors (Lipinski definition) is 3. The predicted octanol–water partition coefficient (Wildman–Crippen LogP) is 3.66. The Hall–Kier alpha value is -2.92. The summed E-state index contributed by atoms with van der Waals surface area (Å²) in [5.41, 5.74) is 2.89. The molecule has 1 N–H and O–H groups in total. The Labute approximate surface area is 163 Å². The SMILES string of the molecule is Cc1cccc(C(=O)N(Cc2cc3ccccc3[nH]c2=O)C[C@@H]2CCCO2)c1. The number of fused-ring (bicyclic) bond motifs is 1. The molecule has 2 aromatic carbocycles. The summed E-state index contributed by atoms with van der Waals surface area (Å²) in [6.07, 6.45) is 1.97. The van der Waals surface area contributed by atoms with Gasteiger partial charge in [0.1, 0.15) is 0 Å². The second-order valence-corrected chi connectivity index (χ2v) is 7.40. The lowest BCUT2D eigenvalue weighted by Gasteiger charge is -2.25. The molecule has 0 spiro atoms. The van der Waals surface area contributed by atoms with E-state index in [4.69, 9.17) is 4.74 Å². The summed E-state index contributed by atoms with van der Waals surface area (Å²) in [7, 11) is 0. The van der Waals surface area contributed by atoms with Crippen molar-refractivity contribution >= 4 is 16.8 Å². The van der Waals surface area contributed by atoms with E-state index in [0.717, 1.165) is 35.9 Å². The Balaban J connectivity index is 1.66. The van der Waals surface area contributed by atoms with Gasteiger partial charge in [0, 0.05) is 29.8 Å². The zero-order valence-corrected chi connectivity index (χ0v) is 16.0. The number of pyridine rings is 1. The fourth-order valence-electron chi connectivity index (χ4n) is 3.73. The van der Waals surface area contributed by atoms with E-state index >= 15 is 0 Å². The van der Waals surface area contributed by atoms with E-state index in [-0.39, 0.29) is 24.1 Å². The van der Waals surface area contributed by atoms with Gasteiger partial charge in [-0.25, -0.2) is 0 Å². The van der Waals surface area contributed by atoms with Gasteiger partial charge in [-0.1, -0.05) is 35.9 Å². The molecule has 2 heterocycles. The van der Waals surface area contributed by atoms with Gasteiger partial charge in [0.15, 0.2) is 0 Å². The molecule has 0 aliphatic carbocycles. The largest absolute Gasteiger partial charge is 0.376 e. The Bertz CT molecular complexity index is 1050. The molecule has 1 aliphatic rings. The van der Waals surface area contributed by atoms with Crippen LogP contribution in [0.4, 0.5) is 0 Å². The van der Waals surface area contributed by atoms with Gasteiger partial charge in [-0.3, -0.25) is 9.59 Å². The number of carbonyl (C=O) groups is 1. The summed E-state index contributed by atoms with van der Waals surface area (Å²) in [5, 5.41) is 0.956. The van der Waals surface area contributed by atoms with Crippen LogP contribution in [0, 0.1) is 6.92 Å². The number of benzene rings is 2. The first-order chi connectivity index (χ1) is 13.6. The van der Waals surface area contributed by atoms with E-state index in [2.05, 4.69) is 4.98 Å². The van der Waals surface area contributed by atoms with Crippen molar-refractivity contribution in [2.45, 2.75) is 32.4 Å². The lowest BCUT2D eigenvalue weighted by molar-refractivity contribution is 0.0506. The summed E-state index contributed by atoms with van der Waals surface area (Å²) < 4.78 is 5.75. The fourth-order valence-corrected chi connectivity index (χ4v) is 3.73. The van der Waals surface area contributed by atoms with Crippen LogP contribution < -0.4 is 5.56 Å². The number of nitrogens with zero attached hydrogens (tertiary/aromatic N) is 1. The monoisotopic (exact) mass is 376 g/mol. The number of aromatic nitrogens is 1. The molecule has 0 bridgehead atoms. The molecule has 1 aromatic heterocycles. The fraction of sp³-hybridized carbons (Fsp3) is 0.304. The molecule has 1 saturated heterocycles. The zero-order chi connectivity index (χ0) is 19.5. The molecule has 0 saturated carbocycles. The van der Waals surface area contributed by atoms with E-state index in [1.807, 2.05) is 61.5 Å². The van der Waals surface area contributed by atoms with E-state index < -0.39 is 0 Å². The second kappa shape index (κ2) is 7.98. The molecule has 28 heavy (non-hydrogen) atoms. The van der Waals surface area contributed by atoms with Crippen LogP contribution in [0.25, 0.3) is 10.9 Å². The summed E-state index contributed by atoms with van der Waals surface area (Å²) in [6, 6.07) is 17.1. The normalized spacial score (nSPS) is 16.4. The summed E-state index contributed by atoms with van der Waals surface area (Å²) in [6.45, 7) is 3.44. The summed E-state index contributed by atoms with van der Waals surface area (Å²) in [4.78, 5) is 30.5. The minimum atomic E-state index is -0.159. The maximum absolute atomic E-state index is 13.2. The summed E-state index contributed by atoms with van der Waals surface area (Å²) >= 11 is 0. The number of para-hydroxylation sites is 1. The standard InChI is InChI=1S/C23H24N2O3/c1-16-6-4-8-18(12-16)23(27)25(15-20-9-5-11-28-20)14-19-13-17-7-2-3-10-21(17)24-22(19)26/h2-4,6-8,10,12-13,20H,5,9,11,14-15H2,1H3,(H,24,26)/t20-/m0/s1. The van der Waals surface area contributed by atoms with Crippen molar-refractivity contribution in [2.75, 3.05) is 13.2 Å². The second-order valence-electron chi connectivity index (χ2n) is 7.40. The number of H-pyrrole nitrogens is 1.